The van der Waals surface area contributed by atoms with Crippen molar-refractivity contribution in [2.24, 2.45) is 11.8 Å². The Balaban J connectivity index is 3.18. The molecule has 0 aliphatic heterocycles. The first-order valence-electron chi connectivity index (χ1n) is 4.91. The summed E-state index contributed by atoms with van der Waals surface area (Å²) in [4.78, 5) is 0. The molecular weight excluding hydrogens is 168 g/mol. The van der Waals surface area contributed by atoms with E-state index in [4.69, 9.17) is 0 Å². The van der Waals surface area contributed by atoms with E-state index in [1.54, 1.807) is 0 Å². The van der Waals surface area contributed by atoms with E-state index in [-0.39, 0.29) is 0 Å². The van der Waals surface area contributed by atoms with Crippen LogP contribution >= 0.6 is 0 Å². The minimum Gasteiger partial charge on any atom is -0.0628 e. The molecule has 0 fully saturated rings. The van der Waals surface area contributed by atoms with Gasteiger partial charge in [0.1, 0.15) is 0 Å². The van der Waals surface area contributed by atoms with E-state index in [0.717, 1.165) is 35.7 Å². The Morgan fingerprint density at radius 3 is 2.25 bits per heavy atom. The van der Waals surface area contributed by atoms with Gasteiger partial charge in [-0.2, -0.15) is 0 Å². The summed E-state index contributed by atoms with van der Waals surface area (Å²) < 4.78 is 10.1. The Hall–Kier alpha value is 0.0200. The molecule has 1 unspecified atom stereocenters. The van der Waals surface area contributed by atoms with Crippen LogP contribution in [0, 0.1) is 11.8 Å². The first-order chi connectivity index (χ1) is 5.66. The maximum absolute atomic E-state index is 10.1. The van der Waals surface area contributed by atoms with Gasteiger partial charge in [-0.15, -0.1) is 0 Å². The van der Waals surface area contributed by atoms with E-state index in [1.165, 1.54) is 19.3 Å². The van der Waals surface area contributed by atoms with Crippen molar-refractivity contribution in [3.63, 3.8) is 0 Å². The molecule has 0 bridgehead atoms. The van der Waals surface area contributed by atoms with Crippen molar-refractivity contribution in [3.8, 4) is 0 Å². The molecule has 0 aromatic carbocycles. The highest BCUT2D eigenvalue weighted by atomic mass is 32.1. The molecule has 1 atom stereocenters. The van der Waals surface area contributed by atoms with Crippen molar-refractivity contribution in [2.45, 2.75) is 46.5 Å². The molecule has 12 heavy (non-hydrogen) atoms. The molecule has 0 aliphatic carbocycles. The summed E-state index contributed by atoms with van der Waals surface area (Å²) in [6, 6.07) is 0. The molecule has 0 heterocycles. The Morgan fingerprint density at radius 2 is 1.75 bits per heavy atom. The van der Waals surface area contributed by atoms with Crippen LogP contribution in [-0.4, -0.2) is 5.75 Å². The van der Waals surface area contributed by atoms with Gasteiger partial charge in [0.15, 0.2) is 0 Å². The second-order valence-corrected chi connectivity index (χ2v) is 4.68. The fraction of sp³-hybridized carbons (Fsp3) is 1.00. The monoisotopic (exact) mass is 189 g/mol. The molecule has 0 aromatic heterocycles. The molecule has 0 rings (SSSR count). The summed E-state index contributed by atoms with van der Waals surface area (Å²) >= 11 is 0.720. The normalized spacial score (nSPS) is 13.3. The van der Waals surface area contributed by atoms with Crippen LogP contribution < -0.4 is 0 Å². The van der Waals surface area contributed by atoms with Gasteiger partial charge in [-0.25, -0.2) is 0 Å². The Morgan fingerprint density at radius 1 is 1.08 bits per heavy atom. The molecule has 0 N–H and O–H groups in total. The Bertz CT molecular complexity index is 112. The van der Waals surface area contributed by atoms with Gasteiger partial charge >= 0.3 is 11.7 Å². The van der Waals surface area contributed by atoms with Crippen molar-refractivity contribution in [2.75, 3.05) is 5.75 Å². The zero-order valence-corrected chi connectivity index (χ0v) is 9.32. The highest BCUT2D eigenvalue weighted by Crippen LogP contribution is 2.14. The lowest BCUT2D eigenvalue weighted by Gasteiger charge is -2.08. The van der Waals surface area contributed by atoms with Crippen LogP contribution in [0.15, 0.2) is 0 Å². The lowest BCUT2D eigenvalue weighted by molar-refractivity contribution is 0.450. The third-order valence-corrected chi connectivity index (χ3v) is 2.57. The molecule has 0 spiro atoms. The highest BCUT2D eigenvalue weighted by molar-refractivity contribution is 7.65. The van der Waals surface area contributed by atoms with E-state index >= 15 is 0 Å². The van der Waals surface area contributed by atoms with Gasteiger partial charge in [0.25, 0.3) is 0 Å². The minimum absolute atomic E-state index is 0.720. The third-order valence-electron chi connectivity index (χ3n) is 2.17. The summed E-state index contributed by atoms with van der Waals surface area (Å²) in [5.41, 5.74) is 0. The average Bonchev–Trinajstić information content (AvgIpc) is 2.00. The minimum atomic E-state index is 0.720. The second kappa shape index (κ2) is 7.66. The van der Waals surface area contributed by atoms with Crippen molar-refractivity contribution in [1.82, 2.24) is 0 Å². The summed E-state index contributed by atoms with van der Waals surface area (Å²) in [5.74, 6) is 2.35. The maximum Gasteiger partial charge on any atom is 0.458 e. The Labute approximate surface area is 80.4 Å². The maximum atomic E-state index is 10.1. The largest absolute Gasteiger partial charge is 0.458 e. The molecule has 2 heteroatoms. The smallest absolute Gasteiger partial charge is 0.0628 e. The molecule has 0 saturated carbocycles. The summed E-state index contributed by atoms with van der Waals surface area (Å²) in [7, 11) is 0. The third kappa shape index (κ3) is 8.12. The van der Waals surface area contributed by atoms with Gasteiger partial charge in [0.05, 0.1) is 0 Å². The average molecular weight is 189 g/mol. The first kappa shape index (κ1) is 12.0. The van der Waals surface area contributed by atoms with E-state index < -0.39 is 0 Å². The molecule has 0 saturated heterocycles. The van der Waals surface area contributed by atoms with Gasteiger partial charge < -0.3 is 0 Å². The van der Waals surface area contributed by atoms with E-state index in [0.29, 0.717) is 0 Å². The molecule has 0 radical (unpaired) electrons. The van der Waals surface area contributed by atoms with Gasteiger partial charge in [-0.05, 0) is 11.8 Å². The molecular formula is C10H21OS+. The molecule has 72 valence electrons. The van der Waals surface area contributed by atoms with Crippen LogP contribution in [0.1, 0.15) is 46.5 Å². The van der Waals surface area contributed by atoms with Gasteiger partial charge in [0.2, 0.25) is 5.75 Å². The van der Waals surface area contributed by atoms with Crippen LogP contribution in [0.2, 0.25) is 0 Å². The molecule has 0 aliphatic rings. The lowest BCUT2D eigenvalue weighted by atomic mass is 9.98. The summed E-state index contributed by atoms with van der Waals surface area (Å²) in [6.07, 6.45) is 5.03. The van der Waals surface area contributed by atoms with Gasteiger partial charge in [-0.1, -0.05) is 40.0 Å². The van der Waals surface area contributed by atoms with Crippen LogP contribution in [0.4, 0.5) is 0 Å². The number of hydrogen-bond acceptors (Lipinski definition) is 1. The standard InChI is InChI=1S/C10H21OS/c1-9(2)5-4-6-10(3)7-8-12-11/h9-10H,4-8H2,1-3H3/q+1. The topological polar surface area (TPSA) is 17.1 Å². The fourth-order valence-electron chi connectivity index (χ4n) is 1.27. The van der Waals surface area contributed by atoms with Crippen LogP contribution in [0.25, 0.3) is 0 Å². The molecule has 1 nitrogen and oxygen atoms in total. The quantitative estimate of drug-likeness (QED) is 0.562. The van der Waals surface area contributed by atoms with Crippen LogP contribution in [0.3, 0.4) is 0 Å². The number of rotatable bonds is 7. The summed E-state index contributed by atoms with van der Waals surface area (Å²) in [6.45, 7) is 6.77. The highest BCUT2D eigenvalue weighted by Gasteiger charge is 2.06. The van der Waals surface area contributed by atoms with E-state index in [1.807, 2.05) is 0 Å². The summed E-state index contributed by atoms with van der Waals surface area (Å²) in [5, 5.41) is 0. The van der Waals surface area contributed by atoms with Crippen molar-refractivity contribution >= 4 is 11.7 Å². The fourth-order valence-corrected chi connectivity index (χ4v) is 1.77. The van der Waals surface area contributed by atoms with Crippen molar-refractivity contribution in [3.05, 3.63) is 0 Å². The van der Waals surface area contributed by atoms with Gasteiger partial charge in [0, 0.05) is 10.6 Å². The second-order valence-electron chi connectivity index (χ2n) is 4.04. The Kier molecular flexibility index (Phi) is 7.67. The molecule has 0 amide bonds. The van der Waals surface area contributed by atoms with Crippen LogP contribution in [-0.2, 0) is 15.9 Å². The van der Waals surface area contributed by atoms with E-state index in [9.17, 15) is 4.21 Å². The van der Waals surface area contributed by atoms with Crippen molar-refractivity contribution < 1.29 is 4.21 Å². The van der Waals surface area contributed by atoms with E-state index in [2.05, 4.69) is 20.8 Å². The van der Waals surface area contributed by atoms with Crippen molar-refractivity contribution in [1.29, 1.82) is 0 Å². The zero-order chi connectivity index (χ0) is 9.40. The zero-order valence-electron chi connectivity index (χ0n) is 8.51. The predicted octanol–water partition coefficient (Wildman–Crippen LogP) is 3.27. The molecule has 0 aromatic rings. The predicted molar refractivity (Wildman–Crippen MR) is 55.4 cm³/mol. The first-order valence-corrected chi connectivity index (χ1v) is 5.82. The van der Waals surface area contributed by atoms with Crippen LogP contribution in [0.5, 0.6) is 0 Å². The lowest BCUT2D eigenvalue weighted by Crippen LogP contribution is -1.98. The SMILES string of the molecule is CC(C)CCCC(C)CC[S+]=O. The van der Waals surface area contributed by atoms with Gasteiger partial charge in [-0.3, -0.25) is 0 Å². The number of hydrogen-bond donors (Lipinski definition) is 0.